The number of carbonyl (C=O) groups is 2. The highest BCUT2D eigenvalue weighted by molar-refractivity contribution is 6.05. The number of ether oxygens (including phenoxy) is 2. The van der Waals surface area contributed by atoms with Crippen LogP contribution in [0.2, 0.25) is 0 Å². The maximum Gasteiger partial charge on any atom is 0.387 e. The molecule has 2 amide bonds. The van der Waals surface area contributed by atoms with E-state index in [4.69, 9.17) is 4.74 Å². The van der Waals surface area contributed by atoms with Gasteiger partial charge in [-0.2, -0.15) is 8.78 Å². The number of nitrogens with zero attached hydrogens (tertiary/aromatic N) is 3. The van der Waals surface area contributed by atoms with Gasteiger partial charge in [-0.05, 0) is 31.2 Å². The van der Waals surface area contributed by atoms with Crippen LogP contribution in [0.1, 0.15) is 28.8 Å². The molecule has 1 aliphatic rings. The van der Waals surface area contributed by atoms with Crippen LogP contribution in [0, 0.1) is 11.6 Å². The maximum atomic E-state index is 15.2. The monoisotopic (exact) mass is 584 g/mol. The van der Waals surface area contributed by atoms with Crippen molar-refractivity contribution in [3.63, 3.8) is 0 Å². The molecule has 0 saturated carbocycles. The molecule has 1 aliphatic heterocycles. The van der Waals surface area contributed by atoms with Crippen LogP contribution >= 0.6 is 0 Å². The summed E-state index contributed by atoms with van der Waals surface area (Å²) in [6, 6.07) is 3.31. The predicted molar refractivity (Wildman–Crippen MR) is 131 cm³/mol. The van der Waals surface area contributed by atoms with Gasteiger partial charge in [-0.3, -0.25) is 19.0 Å². The molecule has 9 nitrogen and oxygen atoms in total. The highest BCUT2D eigenvalue weighted by Crippen LogP contribution is 2.40. The molecule has 3 atom stereocenters. The lowest BCUT2D eigenvalue weighted by atomic mass is 9.87. The first kappa shape index (κ1) is 29.4. The second-order valence-electron chi connectivity index (χ2n) is 8.96. The van der Waals surface area contributed by atoms with Crippen molar-refractivity contribution >= 4 is 17.5 Å². The number of aromatic nitrogens is 2. The van der Waals surface area contributed by atoms with Gasteiger partial charge in [0.15, 0.2) is 0 Å². The van der Waals surface area contributed by atoms with E-state index in [1.165, 1.54) is 14.0 Å². The zero-order valence-corrected chi connectivity index (χ0v) is 21.4. The Morgan fingerprint density at radius 3 is 2.24 bits per heavy atom. The van der Waals surface area contributed by atoms with Crippen molar-refractivity contribution in [2.24, 2.45) is 0 Å². The predicted octanol–water partition coefficient (Wildman–Crippen LogP) is 3.71. The quantitative estimate of drug-likeness (QED) is 0.385. The second kappa shape index (κ2) is 11.9. The number of rotatable bonds is 9. The summed E-state index contributed by atoms with van der Waals surface area (Å²) in [6.07, 6.45) is -1.12. The number of amides is 2. The van der Waals surface area contributed by atoms with E-state index >= 15 is 8.78 Å². The standard InChI is InChI=1S/C26H22F6N4O5/c1-12-20(21-16(27)7-15(40-2)8-17(21)28)22(34-23(37)13-3-5-14(6-4-13)41-26(31)32)25(39)36(12)18-9-33-11-35(24(18)38)10-19(29)30/h3-9,11-12,19-20,22,26H,10H2,1-2H3,(H,34,37)/t12-,20-,22-/m0/s1. The average Bonchev–Trinajstić information content (AvgIpc) is 3.13. The number of nitrogens with one attached hydrogen (secondary N) is 1. The molecule has 2 aromatic carbocycles. The molecular weight excluding hydrogens is 562 g/mol. The van der Waals surface area contributed by atoms with Crippen molar-refractivity contribution in [1.29, 1.82) is 0 Å². The lowest BCUT2D eigenvalue weighted by molar-refractivity contribution is -0.118. The summed E-state index contributed by atoms with van der Waals surface area (Å²) < 4.78 is 91.1. The molecule has 0 unspecified atom stereocenters. The smallest absolute Gasteiger partial charge is 0.387 e. The molecule has 15 heteroatoms. The number of hydrogen-bond acceptors (Lipinski definition) is 6. The van der Waals surface area contributed by atoms with Crippen LogP contribution in [0.15, 0.2) is 53.7 Å². The lowest BCUT2D eigenvalue weighted by Crippen LogP contribution is -2.45. The third kappa shape index (κ3) is 5.98. The normalized spacial score (nSPS) is 18.7. The van der Waals surface area contributed by atoms with Crippen molar-refractivity contribution < 1.29 is 45.4 Å². The maximum absolute atomic E-state index is 15.2. The van der Waals surface area contributed by atoms with Gasteiger partial charge in [0.05, 0.1) is 26.2 Å². The van der Waals surface area contributed by atoms with E-state index in [0.29, 0.717) is 4.57 Å². The van der Waals surface area contributed by atoms with Gasteiger partial charge in [0.2, 0.25) is 0 Å². The van der Waals surface area contributed by atoms with E-state index in [1.54, 1.807) is 0 Å². The Labute approximate surface area is 228 Å². The summed E-state index contributed by atoms with van der Waals surface area (Å²) >= 11 is 0. The van der Waals surface area contributed by atoms with Crippen LogP contribution in [-0.2, 0) is 11.3 Å². The molecular formula is C26H22F6N4O5. The molecule has 0 bridgehead atoms. The molecule has 2 heterocycles. The fourth-order valence-corrected chi connectivity index (χ4v) is 4.73. The fourth-order valence-electron chi connectivity index (χ4n) is 4.73. The Kier molecular flexibility index (Phi) is 8.54. The molecule has 1 saturated heterocycles. The zero-order chi connectivity index (χ0) is 30.0. The first-order chi connectivity index (χ1) is 19.4. The molecule has 1 fully saturated rings. The molecule has 218 valence electrons. The summed E-state index contributed by atoms with van der Waals surface area (Å²) in [5.41, 5.74) is -2.18. The number of alkyl halides is 4. The van der Waals surface area contributed by atoms with E-state index in [2.05, 4.69) is 15.0 Å². The molecule has 3 aromatic rings. The van der Waals surface area contributed by atoms with E-state index in [9.17, 15) is 31.9 Å². The number of anilines is 1. The topological polar surface area (TPSA) is 103 Å². The van der Waals surface area contributed by atoms with Gasteiger partial charge in [-0.1, -0.05) is 0 Å². The Bertz CT molecular complexity index is 1480. The van der Waals surface area contributed by atoms with E-state index < -0.39 is 77.8 Å². The van der Waals surface area contributed by atoms with Gasteiger partial charge in [0, 0.05) is 35.2 Å². The minimum Gasteiger partial charge on any atom is -0.497 e. The van der Waals surface area contributed by atoms with Crippen LogP contribution in [0.25, 0.3) is 0 Å². The van der Waals surface area contributed by atoms with Gasteiger partial charge in [0.1, 0.15) is 34.9 Å². The number of methoxy groups -OCH3 is 1. The summed E-state index contributed by atoms with van der Waals surface area (Å²) in [5, 5.41) is 2.40. The zero-order valence-electron chi connectivity index (χ0n) is 21.4. The highest BCUT2D eigenvalue weighted by atomic mass is 19.3. The summed E-state index contributed by atoms with van der Waals surface area (Å²) in [6.45, 7) is -2.77. The van der Waals surface area contributed by atoms with Crippen molar-refractivity contribution in [2.45, 2.75) is 44.5 Å². The summed E-state index contributed by atoms with van der Waals surface area (Å²) in [7, 11) is 1.19. The largest absolute Gasteiger partial charge is 0.497 e. The Morgan fingerprint density at radius 2 is 1.68 bits per heavy atom. The van der Waals surface area contributed by atoms with Crippen molar-refractivity contribution in [1.82, 2.24) is 14.9 Å². The Morgan fingerprint density at radius 1 is 1.05 bits per heavy atom. The van der Waals surface area contributed by atoms with Crippen LogP contribution in [-0.4, -0.2) is 53.6 Å². The molecule has 4 rings (SSSR count). The van der Waals surface area contributed by atoms with Crippen molar-refractivity contribution in [3.8, 4) is 11.5 Å². The second-order valence-corrected chi connectivity index (χ2v) is 8.96. The minimum atomic E-state index is -3.11. The van der Waals surface area contributed by atoms with E-state index in [0.717, 1.165) is 53.8 Å². The Hall–Kier alpha value is -4.56. The molecule has 0 radical (unpaired) electrons. The number of benzene rings is 2. The highest BCUT2D eigenvalue weighted by Gasteiger charge is 2.51. The number of carbonyl (C=O) groups excluding carboxylic acids is 2. The number of hydrogen-bond donors (Lipinski definition) is 1. The van der Waals surface area contributed by atoms with E-state index in [1.807, 2.05) is 0 Å². The molecule has 0 aliphatic carbocycles. The van der Waals surface area contributed by atoms with E-state index in [-0.39, 0.29) is 17.1 Å². The van der Waals surface area contributed by atoms with Crippen LogP contribution in [0.3, 0.4) is 0 Å². The van der Waals surface area contributed by atoms with Gasteiger partial charge in [0.25, 0.3) is 23.8 Å². The Balaban J connectivity index is 1.77. The van der Waals surface area contributed by atoms with Crippen LogP contribution in [0.5, 0.6) is 11.5 Å². The van der Waals surface area contributed by atoms with Gasteiger partial charge in [-0.25, -0.2) is 22.5 Å². The third-order valence-electron chi connectivity index (χ3n) is 6.52. The van der Waals surface area contributed by atoms with Gasteiger partial charge < -0.3 is 19.7 Å². The third-order valence-corrected chi connectivity index (χ3v) is 6.52. The molecule has 1 N–H and O–H groups in total. The summed E-state index contributed by atoms with van der Waals surface area (Å²) in [4.78, 5) is 44.3. The van der Waals surface area contributed by atoms with Crippen molar-refractivity contribution in [2.75, 3.05) is 12.0 Å². The van der Waals surface area contributed by atoms with Crippen molar-refractivity contribution in [3.05, 3.63) is 82.0 Å². The average molecular weight is 584 g/mol. The SMILES string of the molecule is COc1cc(F)c([C@H]2[C@H](NC(=O)c3ccc(OC(F)F)cc3)C(=O)N(c3cncn(CC(F)F)c3=O)[C@H]2C)c(F)c1. The fraction of sp³-hybridized carbons (Fsp3) is 0.308. The number of halogens is 6. The molecule has 0 spiro atoms. The van der Waals surface area contributed by atoms with Gasteiger partial charge >= 0.3 is 6.61 Å². The molecule has 41 heavy (non-hydrogen) atoms. The first-order valence-electron chi connectivity index (χ1n) is 12.0. The van der Waals surface area contributed by atoms with Crippen LogP contribution < -0.4 is 25.2 Å². The van der Waals surface area contributed by atoms with Crippen LogP contribution in [0.4, 0.5) is 32.0 Å². The summed E-state index contributed by atoms with van der Waals surface area (Å²) in [5.74, 6) is -5.94. The van der Waals surface area contributed by atoms with Gasteiger partial charge in [-0.15, -0.1) is 0 Å². The molecule has 1 aromatic heterocycles. The minimum absolute atomic E-state index is 0.111. The lowest BCUT2D eigenvalue weighted by Gasteiger charge is -2.25. The first-order valence-corrected chi connectivity index (χ1v) is 12.0.